The summed E-state index contributed by atoms with van der Waals surface area (Å²) in [6, 6.07) is 18.9. The molecule has 0 bridgehead atoms. The zero-order valence-corrected chi connectivity index (χ0v) is 16.8. The number of rotatable bonds is 4. The number of carbonyl (C=O) groups is 1. The Morgan fingerprint density at radius 1 is 1.07 bits per heavy atom. The van der Waals surface area contributed by atoms with Crippen LogP contribution in [0.4, 0.5) is 0 Å². The number of methoxy groups -OCH3 is 1. The van der Waals surface area contributed by atoms with Gasteiger partial charge in [-0.3, -0.25) is 9.78 Å². The molecule has 0 saturated carbocycles. The van der Waals surface area contributed by atoms with Gasteiger partial charge in [0.05, 0.1) is 18.9 Å². The highest BCUT2D eigenvalue weighted by atomic mass is 79.9. The van der Waals surface area contributed by atoms with Gasteiger partial charge < -0.3 is 4.74 Å². The van der Waals surface area contributed by atoms with Crippen molar-refractivity contribution in [3.63, 3.8) is 0 Å². The number of halogens is 1. The first-order chi connectivity index (χ1) is 13.7. The molecule has 4 rings (SSSR count). The number of ether oxygens (including phenoxy) is 1. The van der Waals surface area contributed by atoms with Crippen LogP contribution in [0.25, 0.3) is 0 Å². The van der Waals surface area contributed by atoms with Crippen LogP contribution in [0.5, 0.6) is 5.75 Å². The monoisotopic (exact) mass is 435 g/mol. The van der Waals surface area contributed by atoms with E-state index in [9.17, 15) is 4.79 Å². The molecular weight excluding hydrogens is 418 g/mol. The van der Waals surface area contributed by atoms with Crippen LogP contribution in [0, 0.1) is 0 Å². The number of aromatic nitrogens is 1. The number of nitrogens with zero attached hydrogens (tertiary/aromatic N) is 3. The fraction of sp³-hybridized carbons (Fsp3) is 0.136. The number of hydrazone groups is 1. The Morgan fingerprint density at radius 3 is 2.50 bits per heavy atom. The van der Waals surface area contributed by atoms with Crippen molar-refractivity contribution in [3.8, 4) is 5.75 Å². The number of para-hydroxylation sites is 1. The average molecular weight is 436 g/mol. The molecule has 5 nitrogen and oxygen atoms in total. The number of hydrogen-bond donors (Lipinski definition) is 0. The lowest BCUT2D eigenvalue weighted by molar-refractivity contribution is 0.0709. The summed E-state index contributed by atoms with van der Waals surface area (Å²) in [5, 5.41) is 6.27. The Morgan fingerprint density at radius 2 is 1.79 bits per heavy atom. The fourth-order valence-corrected chi connectivity index (χ4v) is 3.59. The molecule has 0 radical (unpaired) electrons. The molecule has 3 aromatic rings. The molecule has 1 aliphatic rings. The minimum Gasteiger partial charge on any atom is -0.496 e. The maximum absolute atomic E-state index is 13.2. The van der Waals surface area contributed by atoms with Crippen molar-refractivity contribution in [2.75, 3.05) is 7.11 Å². The largest absolute Gasteiger partial charge is 0.496 e. The van der Waals surface area contributed by atoms with Gasteiger partial charge in [-0.1, -0.05) is 46.3 Å². The molecule has 1 aliphatic heterocycles. The smallest absolute Gasteiger partial charge is 0.274 e. The summed E-state index contributed by atoms with van der Waals surface area (Å²) in [7, 11) is 1.64. The summed E-state index contributed by atoms with van der Waals surface area (Å²) in [5.74, 6) is 0.581. The average Bonchev–Trinajstić information content (AvgIpc) is 3.19. The zero-order valence-electron chi connectivity index (χ0n) is 15.2. The number of hydrogen-bond acceptors (Lipinski definition) is 4. The van der Waals surface area contributed by atoms with E-state index in [1.165, 1.54) is 0 Å². The van der Waals surface area contributed by atoms with Gasteiger partial charge in [0, 0.05) is 34.4 Å². The molecular formula is C22H18BrN3O2. The minimum atomic E-state index is -0.240. The molecule has 0 aliphatic carbocycles. The molecule has 1 amide bonds. The predicted molar refractivity (Wildman–Crippen MR) is 111 cm³/mol. The van der Waals surface area contributed by atoms with Crippen molar-refractivity contribution < 1.29 is 9.53 Å². The first-order valence-corrected chi connectivity index (χ1v) is 9.66. The Kier molecular flexibility index (Phi) is 5.21. The molecule has 2 aromatic carbocycles. The van der Waals surface area contributed by atoms with E-state index in [4.69, 9.17) is 9.84 Å². The molecule has 28 heavy (non-hydrogen) atoms. The van der Waals surface area contributed by atoms with E-state index in [1.54, 1.807) is 36.6 Å². The van der Waals surface area contributed by atoms with Gasteiger partial charge in [-0.2, -0.15) is 5.10 Å². The zero-order chi connectivity index (χ0) is 19.5. The third-order valence-electron chi connectivity index (χ3n) is 4.72. The Hall–Kier alpha value is -2.99. The van der Waals surface area contributed by atoms with Crippen LogP contribution in [0.1, 0.15) is 33.9 Å². The second-order valence-corrected chi connectivity index (χ2v) is 7.32. The van der Waals surface area contributed by atoms with E-state index < -0.39 is 0 Å². The molecule has 2 heterocycles. The molecule has 0 saturated heterocycles. The normalized spacial score (nSPS) is 16.0. The lowest BCUT2D eigenvalue weighted by Gasteiger charge is -2.23. The third-order valence-corrected chi connectivity index (χ3v) is 5.25. The highest BCUT2D eigenvalue weighted by Gasteiger charge is 2.35. The number of carbonyl (C=O) groups excluding carboxylic acids is 1. The summed E-state index contributed by atoms with van der Waals surface area (Å²) < 4.78 is 6.54. The maximum atomic E-state index is 13.2. The number of pyridine rings is 1. The van der Waals surface area contributed by atoms with Crippen LogP contribution in [0.2, 0.25) is 0 Å². The first kappa shape index (κ1) is 18.4. The molecule has 0 spiro atoms. The van der Waals surface area contributed by atoms with Crippen molar-refractivity contribution in [2.45, 2.75) is 12.5 Å². The second-order valence-electron chi connectivity index (χ2n) is 6.40. The summed E-state index contributed by atoms with van der Waals surface area (Å²) in [6.07, 6.45) is 3.83. The standard InChI is InChI=1S/C22H18BrN3O2/c1-28-21-5-3-2-4-18(21)20-14-19(15-6-8-17(23)9-7-15)25-26(20)22(27)16-10-12-24-13-11-16/h2-13,20H,14H2,1H3. The molecule has 6 heteroatoms. The van der Waals surface area contributed by atoms with Crippen molar-refractivity contribution in [3.05, 3.63) is 94.2 Å². The Labute approximate surface area is 171 Å². The molecule has 140 valence electrons. The molecule has 1 unspecified atom stereocenters. The van der Waals surface area contributed by atoms with E-state index >= 15 is 0 Å². The summed E-state index contributed by atoms with van der Waals surface area (Å²) in [5.41, 5.74) is 3.35. The lowest BCUT2D eigenvalue weighted by Crippen LogP contribution is -2.27. The maximum Gasteiger partial charge on any atom is 0.274 e. The van der Waals surface area contributed by atoms with Gasteiger partial charge in [-0.25, -0.2) is 5.01 Å². The Bertz CT molecular complexity index is 1020. The van der Waals surface area contributed by atoms with Crippen LogP contribution >= 0.6 is 15.9 Å². The summed E-state index contributed by atoms with van der Waals surface area (Å²) in [4.78, 5) is 17.2. The van der Waals surface area contributed by atoms with Gasteiger partial charge in [0.15, 0.2) is 0 Å². The third kappa shape index (κ3) is 3.55. The first-order valence-electron chi connectivity index (χ1n) is 8.87. The van der Waals surface area contributed by atoms with Gasteiger partial charge in [-0.05, 0) is 35.9 Å². The van der Waals surface area contributed by atoms with E-state index in [0.29, 0.717) is 12.0 Å². The SMILES string of the molecule is COc1ccccc1C1CC(c2ccc(Br)cc2)=NN1C(=O)c1ccncc1. The van der Waals surface area contributed by atoms with Crippen molar-refractivity contribution in [2.24, 2.45) is 5.10 Å². The predicted octanol–water partition coefficient (Wildman–Crippen LogP) is 4.84. The molecule has 1 aromatic heterocycles. The van der Waals surface area contributed by atoms with E-state index in [0.717, 1.165) is 27.1 Å². The molecule has 0 fully saturated rings. The fourth-order valence-electron chi connectivity index (χ4n) is 3.33. The van der Waals surface area contributed by atoms with Gasteiger partial charge >= 0.3 is 0 Å². The highest BCUT2D eigenvalue weighted by molar-refractivity contribution is 9.10. The highest BCUT2D eigenvalue weighted by Crippen LogP contribution is 2.38. The Balaban J connectivity index is 1.76. The van der Waals surface area contributed by atoms with E-state index in [2.05, 4.69) is 20.9 Å². The molecule has 1 atom stereocenters. The lowest BCUT2D eigenvalue weighted by atomic mass is 9.97. The van der Waals surface area contributed by atoms with E-state index in [-0.39, 0.29) is 11.9 Å². The summed E-state index contributed by atoms with van der Waals surface area (Å²) in [6.45, 7) is 0. The van der Waals surface area contributed by atoms with Crippen LogP contribution in [0.15, 0.2) is 82.6 Å². The van der Waals surface area contributed by atoms with Gasteiger partial charge in [0.1, 0.15) is 5.75 Å². The van der Waals surface area contributed by atoms with Crippen LogP contribution in [0.3, 0.4) is 0 Å². The summed E-state index contributed by atoms with van der Waals surface area (Å²) >= 11 is 3.46. The molecule has 0 N–H and O–H groups in total. The number of amides is 1. The van der Waals surface area contributed by atoms with Crippen molar-refractivity contribution >= 4 is 27.5 Å². The topological polar surface area (TPSA) is 54.8 Å². The van der Waals surface area contributed by atoms with Crippen molar-refractivity contribution in [1.29, 1.82) is 0 Å². The van der Waals surface area contributed by atoms with Crippen LogP contribution < -0.4 is 4.74 Å². The van der Waals surface area contributed by atoms with E-state index in [1.807, 2.05) is 48.5 Å². The van der Waals surface area contributed by atoms with Gasteiger partial charge in [0.25, 0.3) is 5.91 Å². The van der Waals surface area contributed by atoms with Crippen LogP contribution in [-0.2, 0) is 0 Å². The van der Waals surface area contributed by atoms with Crippen LogP contribution in [-0.4, -0.2) is 28.7 Å². The van der Waals surface area contributed by atoms with Gasteiger partial charge in [0.2, 0.25) is 0 Å². The second kappa shape index (κ2) is 7.94. The quantitative estimate of drug-likeness (QED) is 0.588. The number of benzene rings is 2. The minimum absolute atomic E-state index is 0.162. The van der Waals surface area contributed by atoms with Crippen molar-refractivity contribution in [1.82, 2.24) is 9.99 Å². The van der Waals surface area contributed by atoms with Gasteiger partial charge in [-0.15, -0.1) is 0 Å².